The Balaban J connectivity index is 0. The summed E-state index contributed by atoms with van der Waals surface area (Å²) >= 11 is 0. The molecule has 4 heterocycles. The van der Waals surface area contributed by atoms with E-state index >= 15 is 0 Å². The monoisotopic (exact) mass is 812 g/mol. The van der Waals surface area contributed by atoms with Gasteiger partial charge in [-0.05, 0) is 97.8 Å². The van der Waals surface area contributed by atoms with Crippen molar-refractivity contribution in [3.05, 3.63) is 157 Å². The van der Waals surface area contributed by atoms with E-state index in [2.05, 4.69) is 19.9 Å². The Hall–Kier alpha value is -6.44. The maximum atomic E-state index is 10.2. The van der Waals surface area contributed by atoms with E-state index in [4.69, 9.17) is 31.3 Å². The van der Waals surface area contributed by atoms with E-state index in [-0.39, 0.29) is 45.3 Å². The molecule has 16 heteroatoms. The number of nitrogens with zero attached hydrogens (tertiary/aromatic N) is 4. The van der Waals surface area contributed by atoms with Gasteiger partial charge < -0.3 is 51.1 Å². The third kappa shape index (κ3) is 23.9. The Kier molecular flexibility index (Phi) is 26.8. The van der Waals surface area contributed by atoms with E-state index in [0.29, 0.717) is 11.4 Å². The third-order valence-electron chi connectivity index (χ3n) is 5.48. The van der Waals surface area contributed by atoms with Crippen LogP contribution in [0, 0.1) is 0 Å². The number of carboxylic acids is 4. The van der Waals surface area contributed by atoms with Crippen LogP contribution in [-0.4, -0.2) is 43.8 Å². The SMILES string of the molecule is CC(=O)[O-].CC(=O)[O-].Nc1ccc(C(=O)[O-])cc1.Nc1ccc(C(=O)[O-])cc1.[Mn+2].[Mn+2].c1ccc(-c2ccccn2)nc1.c1ccc(-c2ccccn2)nc1. The van der Waals surface area contributed by atoms with E-state index in [9.17, 15) is 19.8 Å². The molecular formula is C38H34Mn2N6O8. The summed E-state index contributed by atoms with van der Waals surface area (Å²) in [5, 5.41) is 38.1. The van der Waals surface area contributed by atoms with Crippen molar-refractivity contribution in [1.82, 2.24) is 19.9 Å². The number of anilines is 2. The molecule has 6 rings (SSSR count). The minimum Gasteiger partial charge on any atom is -0.550 e. The number of hydrogen-bond acceptors (Lipinski definition) is 14. The van der Waals surface area contributed by atoms with Gasteiger partial charge >= 0.3 is 34.1 Å². The molecule has 278 valence electrons. The van der Waals surface area contributed by atoms with E-state index in [1.165, 1.54) is 48.5 Å². The number of carbonyl (C=O) groups excluding carboxylic acids is 4. The van der Waals surface area contributed by atoms with Crippen molar-refractivity contribution in [2.45, 2.75) is 13.8 Å². The molecule has 14 nitrogen and oxygen atoms in total. The summed E-state index contributed by atoms with van der Waals surface area (Å²) in [6.07, 6.45) is 7.07. The number of benzene rings is 2. The Morgan fingerprint density at radius 2 is 0.611 bits per heavy atom. The first-order valence-electron chi connectivity index (χ1n) is 14.9. The fraction of sp³-hybridized carbons (Fsp3) is 0.0526. The van der Waals surface area contributed by atoms with Gasteiger partial charge in [0.2, 0.25) is 0 Å². The van der Waals surface area contributed by atoms with Crippen LogP contribution in [0.2, 0.25) is 0 Å². The second kappa shape index (κ2) is 29.2. The zero-order valence-electron chi connectivity index (χ0n) is 28.8. The molecule has 0 spiro atoms. The molecule has 0 amide bonds. The van der Waals surface area contributed by atoms with Crippen molar-refractivity contribution in [1.29, 1.82) is 0 Å². The standard InChI is InChI=1S/2C10H8N2.2C7H7NO2.2C2H4O2.2Mn/c2*1-3-7-11-9(5-1)10-6-2-4-8-12-10;2*8-6-3-1-5(2-4-6)7(9)10;2*1-2(3)4;;/h2*1-8H;2*1-4H,8H2,(H,9,10);2*1H3,(H,3,4);;/q;;;;;;2*+2/p-4. The van der Waals surface area contributed by atoms with E-state index in [1.54, 1.807) is 24.8 Å². The molecule has 2 aromatic carbocycles. The fourth-order valence-corrected chi connectivity index (χ4v) is 3.30. The molecule has 2 radical (unpaired) electrons. The van der Waals surface area contributed by atoms with Crippen LogP contribution >= 0.6 is 0 Å². The van der Waals surface area contributed by atoms with Gasteiger partial charge in [-0.25, -0.2) is 0 Å². The molecule has 0 atom stereocenters. The molecule has 54 heavy (non-hydrogen) atoms. The number of aromatic carboxylic acids is 2. The average Bonchev–Trinajstić information content (AvgIpc) is 3.14. The Morgan fingerprint density at radius 3 is 0.759 bits per heavy atom. The summed E-state index contributed by atoms with van der Waals surface area (Å²) in [7, 11) is 0. The molecule has 0 bridgehead atoms. The van der Waals surface area contributed by atoms with Gasteiger partial charge in [0.05, 0.1) is 34.7 Å². The molecule has 0 aliphatic heterocycles. The smallest absolute Gasteiger partial charge is 0.550 e. The van der Waals surface area contributed by atoms with Crippen molar-refractivity contribution >= 4 is 35.3 Å². The van der Waals surface area contributed by atoms with Gasteiger partial charge in [0, 0.05) is 48.1 Å². The molecule has 0 saturated heterocycles. The second-order valence-corrected chi connectivity index (χ2v) is 9.66. The first-order valence-corrected chi connectivity index (χ1v) is 14.9. The molecule has 6 aromatic rings. The summed E-state index contributed by atoms with van der Waals surface area (Å²) in [6, 6.07) is 34.9. The van der Waals surface area contributed by atoms with Crippen LogP contribution in [0.3, 0.4) is 0 Å². The van der Waals surface area contributed by atoms with Gasteiger partial charge in [-0.3, -0.25) is 19.9 Å². The van der Waals surface area contributed by atoms with Crippen LogP contribution < -0.4 is 31.9 Å². The quantitative estimate of drug-likeness (QED) is 0.186. The van der Waals surface area contributed by atoms with Crippen molar-refractivity contribution in [3.8, 4) is 22.8 Å². The summed E-state index contributed by atoms with van der Waals surface area (Å²) in [6.45, 7) is 1.94. The van der Waals surface area contributed by atoms with Crippen molar-refractivity contribution in [2.75, 3.05) is 11.5 Å². The van der Waals surface area contributed by atoms with Gasteiger partial charge in [-0.1, -0.05) is 48.5 Å². The van der Waals surface area contributed by atoms with Gasteiger partial charge in [0.15, 0.2) is 0 Å². The molecule has 0 unspecified atom stereocenters. The summed E-state index contributed by atoms with van der Waals surface area (Å²) in [4.78, 5) is 54.8. The third-order valence-corrected chi connectivity index (χ3v) is 5.48. The van der Waals surface area contributed by atoms with Crippen LogP contribution in [-0.2, 0) is 43.7 Å². The number of aromatic nitrogens is 4. The zero-order valence-corrected chi connectivity index (χ0v) is 31.2. The zero-order chi connectivity index (χ0) is 38.7. The van der Waals surface area contributed by atoms with E-state index < -0.39 is 23.9 Å². The number of rotatable bonds is 4. The van der Waals surface area contributed by atoms with Gasteiger partial charge in [-0.15, -0.1) is 0 Å². The fourth-order valence-electron chi connectivity index (χ4n) is 3.30. The topological polar surface area (TPSA) is 264 Å². The van der Waals surface area contributed by atoms with E-state index in [1.807, 2.05) is 72.8 Å². The Morgan fingerprint density at radius 1 is 0.407 bits per heavy atom. The largest absolute Gasteiger partial charge is 2.00 e. The molecule has 4 aromatic heterocycles. The molecule has 0 aliphatic carbocycles. The van der Waals surface area contributed by atoms with Crippen LogP contribution in [0.4, 0.5) is 11.4 Å². The molecular weight excluding hydrogens is 778 g/mol. The maximum absolute atomic E-state index is 10.2. The summed E-state index contributed by atoms with van der Waals surface area (Å²) < 4.78 is 0. The first kappa shape index (κ1) is 49.7. The van der Waals surface area contributed by atoms with E-state index in [0.717, 1.165) is 36.6 Å². The molecule has 0 fully saturated rings. The van der Waals surface area contributed by atoms with Crippen LogP contribution in [0.25, 0.3) is 22.8 Å². The number of carbonyl (C=O) groups is 4. The molecule has 0 aliphatic rings. The summed E-state index contributed by atoms with van der Waals surface area (Å²) in [5.41, 5.74) is 15.7. The number of carboxylic acid groups (broad SMARTS) is 4. The second-order valence-electron chi connectivity index (χ2n) is 9.66. The minimum absolute atomic E-state index is 0. The van der Waals surface area contributed by atoms with Gasteiger partial charge in [0.1, 0.15) is 0 Å². The van der Waals surface area contributed by atoms with Crippen LogP contribution in [0.1, 0.15) is 34.6 Å². The van der Waals surface area contributed by atoms with Crippen LogP contribution in [0.15, 0.2) is 146 Å². The maximum Gasteiger partial charge on any atom is 2.00 e. The Labute approximate surface area is 333 Å². The van der Waals surface area contributed by atoms with Crippen LogP contribution in [0.5, 0.6) is 0 Å². The molecule has 4 N–H and O–H groups in total. The van der Waals surface area contributed by atoms with Crippen molar-refractivity contribution < 1.29 is 73.7 Å². The number of nitrogen functional groups attached to an aromatic ring is 2. The van der Waals surface area contributed by atoms with Gasteiger partial charge in [0.25, 0.3) is 0 Å². The number of hydrogen-bond donors (Lipinski definition) is 2. The van der Waals surface area contributed by atoms with Gasteiger partial charge in [-0.2, -0.15) is 0 Å². The van der Waals surface area contributed by atoms with Crippen molar-refractivity contribution in [2.24, 2.45) is 0 Å². The number of aliphatic carboxylic acids is 2. The average molecular weight is 813 g/mol. The summed E-state index contributed by atoms with van der Waals surface area (Å²) in [5.74, 6) is -4.53. The van der Waals surface area contributed by atoms with Crippen molar-refractivity contribution in [3.63, 3.8) is 0 Å². The normalized spacial score (nSPS) is 8.63. The number of nitrogens with two attached hydrogens (primary N) is 2. The Bertz CT molecular complexity index is 1690. The minimum atomic E-state index is -1.18. The predicted molar refractivity (Wildman–Crippen MR) is 187 cm³/mol. The predicted octanol–water partition coefficient (Wildman–Crippen LogP) is 1.06. The first-order chi connectivity index (χ1) is 24.8. The molecule has 0 saturated carbocycles. The number of pyridine rings is 4.